The molecule has 0 amide bonds. The first-order valence-corrected chi connectivity index (χ1v) is 9.98. The van der Waals surface area contributed by atoms with Crippen LogP contribution < -0.4 is 0 Å². The molecule has 0 aromatic heterocycles. The van der Waals surface area contributed by atoms with Crippen LogP contribution in [0.2, 0.25) is 0 Å². The van der Waals surface area contributed by atoms with Crippen molar-refractivity contribution in [3.8, 4) is 0 Å². The molecule has 1 aliphatic heterocycles. The van der Waals surface area contributed by atoms with Crippen molar-refractivity contribution in [3.05, 3.63) is 0 Å². The monoisotopic (exact) mass is 312 g/mol. The average molecular weight is 313 g/mol. The summed E-state index contributed by atoms with van der Waals surface area (Å²) in [4.78, 5) is 0. The second-order valence-corrected chi connectivity index (χ2v) is 7.46. The van der Waals surface area contributed by atoms with E-state index in [1.54, 1.807) is 0 Å². The first-order valence-electron chi connectivity index (χ1n) is 9.98. The van der Waals surface area contributed by atoms with E-state index in [0.29, 0.717) is 6.10 Å². The third-order valence-corrected chi connectivity index (χ3v) is 4.53. The predicted molar refractivity (Wildman–Crippen MR) is 95.4 cm³/mol. The van der Waals surface area contributed by atoms with E-state index in [1.165, 1.54) is 83.5 Å². The number of hydrogen-bond acceptors (Lipinski definition) is 2. The van der Waals surface area contributed by atoms with Crippen LogP contribution in [0.3, 0.4) is 0 Å². The summed E-state index contributed by atoms with van der Waals surface area (Å²) in [6, 6.07) is 0. The second kappa shape index (κ2) is 14.5. The lowest BCUT2D eigenvalue weighted by Gasteiger charge is -2.05. The minimum Gasteiger partial charge on any atom is -0.379 e. The normalized spacial score (nSPS) is 17.3. The van der Waals surface area contributed by atoms with Gasteiger partial charge in [0.1, 0.15) is 6.10 Å². The van der Waals surface area contributed by atoms with Crippen LogP contribution in [0.25, 0.3) is 0 Å². The molecule has 1 heterocycles. The summed E-state index contributed by atoms with van der Waals surface area (Å²) in [5.74, 6) is 0.888. The molecule has 0 aromatic rings. The SMILES string of the molecule is CC(C)CCCCCCCCCCCCCCOCC1CO1. The largest absolute Gasteiger partial charge is 0.379 e. The van der Waals surface area contributed by atoms with Gasteiger partial charge in [-0.05, 0) is 12.3 Å². The molecule has 0 aromatic carbocycles. The maximum atomic E-state index is 5.55. The Morgan fingerprint density at radius 2 is 1.23 bits per heavy atom. The Morgan fingerprint density at radius 1 is 0.773 bits per heavy atom. The number of hydrogen-bond donors (Lipinski definition) is 0. The Labute approximate surface area is 139 Å². The molecule has 0 N–H and O–H groups in total. The topological polar surface area (TPSA) is 21.8 Å². The van der Waals surface area contributed by atoms with E-state index in [1.807, 2.05) is 0 Å². The van der Waals surface area contributed by atoms with E-state index in [4.69, 9.17) is 9.47 Å². The molecule has 0 radical (unpaired) electrons. The van der Waals surface area contributed by atoms with Crippen LogP contribution in [0.4, 0.5) is 0 Å². The summed E-state index contributed by atoms with van der Waals surface area (Å²) >= 11 is 0. The molecule has 1 fully saturated rings. The lowest BCUT2D eigenvalue weighted by Crippen LogP contribution is -2.02. The molecular weight excluding hydrogens is 272 g/mol. The summed E-state index contributed by atoms with van der Waals surface area (Å²) in [5, 5.41) is 0. The third-order valence-electron chi connectivity index (χ3n) is 4.53. The Morgan fingerprint density at radius 3 is 1.68 bits per heavy atom. The van der Waals surface area contributed by atoms with Crippen LogP contribution in [-0.2, 0) is 9.47 Å². The molecule has 2 heteroatoms. The van der Waals surface area contributed by atoms with Gasteiger partial charge < -0.3 is 9.47 Å². The van der Waals surface area contributed by atoms with Crippen molar-refractivity contribution in [3.63, 3.8) is 0 Å². The van der Waals surface area contributed by atoms with E-state index in [-0.39, 0.29) is 0 Å². The molecule has 22 heavy (non-hydrogen) atoms. The molecule has 132 valence electrons. The zero-order valence-corrected chi connectivity index (χ0v) is 15.3. The summed E-state index contributed by atoms with van der Waals surface area (Å²) in [6.07, 6.45) is 18.8. The maximum Gasteiger partial charge on any atom is 0.104 e. The number of rotatable bonds is 17. The molecule has 1 saturated heterocycles. The summed E-state index contributed by atoms with van der Waals surface area (Å²) < 4.78 is 10.7. The molecule has 1 unspecified atom stereocenters. The lowest BCUT2D eigenvalue weighted by molar-refractivity contribution is 0.113. The summed E-state index contributed by atoms with van der Waals surface area (Å²) in [6.45, 7) is 7.32. The van der Waals surface area contributed by atoms with Crippen molar-refractivity contribution < 1.29 is 9.47 Å². The average Bonchev–Trinajstić information content (AvgIpc) is 3.30. The van der Waals surface area contributed by atoms with Crippen LogP contribution in [0.15, 0.2) is 0 Å². The molecule has 0 bridgehead atoms. The van der Waals surface area contributed by atoms with Gasteiger partial charge in [-0.15, -0.1) is 0 Å². The smallest absolute Gasteiger partial charge is 0.104 e. The van der Waals surface area contributed by atoms with Gasteiger partial charge >= 0.3 is 0 Å². The van der Waals surface area contributed by atoms with E-state index >= 15 is 0 Å². The van der Waals surface area contributed by atoms with Crippen molar-refractivity contribution in [2.75, 3.05) is 19.8 Å². The van der Waals surface area contributed by atoms with Gasteiger partial charge in [-0.25, -0.2) is 0 Å². The highest BCUT2D eigenvalue weighted by molar-refractivity contribution is 4.67. The Balaban J connectivity index is 1.61. The molecular formula is C20H40O2. The van der Waals surface area contributed by atoms with Crippen molar-refractivity contribution in [1.29, 1.82) is 0 Å². The van der Waals surface area contributed by atoms with E-state index in [0.717, 1.165) is 25.7 Å². The highest BCUT2D eigenvalue weighted by Gasteiger charge is 2.21. The van der Waals surface area contributed by atoms with Crippen molar-refractivity contribution in [2.24, 2.45) is 5.92 Å². The van der Waals surface area contributed by atoms with Gasteiger partial charge in [-0.3, -0.25) is 0 Å². The van der Waals surface area contributed by atoms with Gasteiger partial charge in [0.2, 0.25) is 0 Å². The lowest BCUT2D eigenvalue weighted by atomic mass is 10.0. The fraction of sp³-hybridized carbons (Fsp3) is 1.00. The van der Waals surface area contributed by atoms with E-state index < -0.39 is 0 Å². The molecule has 1 aliphatic rings. The minimum atomic E-state index is 0.426. The van der Waals surface area contributed by atoms with Gasteiger partial charge in [0.25, 0.3) is 0 Å². The fourth-order valence-electron chi connectivity index (χ4n) is 2.90. The molecule has 0 spiro atoms. The highest BCUT2D eigenvalue weighted by atomic mass is 16.6. The first kappa shape index (κ1) is 20.0. The number of epoxide rings is 1. The maximum absolute atomic E-state index is 5.55. The first-order chi connectivity index (χ1) is 10.8. The quantitative estimate of drug-likeness (QED) is 0.238. The van der Waals surface area contributed by atoms with Gasteiger partial charge in [0.15, 0.2) is 0 Å². The van der Waals surface area contributed by atoms with Crippen LogP contribution >= 0.6 is 0 Å². The van der Waals surface area contributed by atoms with Crippen molar-refractivity contribution >= 4 is 0 Å². The molecule has 1 rings (SSSR count). The van der Waals surface area contributed by atoms with Crippen LogP contribution in [0, 0.1) is 5.92 Å². The van der Waals surface area contributed by atoms with Crippen LogP contribution in [-0.4, -0.2) is 25.9 Å². The minimum absolute atomic E-state index is 0.426. The zero-order valence-electron chi connectivity index (χ0n) is 15.3. The number of unbranched alkanes of at least 4 members (excludes halogenated alkanes) is 11. The molecule has 0 saturated carbocycles. The van der Waals surface area contributed by atoms with E-state index in [9.17, 15) is 0 Å². The van der Waals surface area contributed by atoms with Gasteiger partial charge in [-0.1, -0.05) is 90.9 Å². The Hall–Kier alpha value is -0.0800. The number of ether oxygens (including phenoxy) is 2. The van der Waals surface area contributed by atoms with Crippen LogP contribution in [0.5, 0.6) is 0 Å². The highest BCUT2D eigenvalue weighted by Crippen LogP contribution is 2.14. The van der Waals surface area contributed by atoms with Crippen LogP contribution in [0.1, 0.15) is 97.3 Å². The molecule has 2 nitrogen and oxygen atoms in total. The summed E-state index contributed by atoms with van der Waals surface area (Å²) in [7, 11) is 0. The summed E-state index contributed by atoms with van der Waals surface area (Å²) in [5.41, 5.74) is 0. The van der Waals surface area contributed by atoms with Gasteiger partial charge in [-0.2, -0.15) is 0 Å². The van der Waals surface area contributed by atoms with Crippen molar-refractivity contribution in [2.45, 2.75) is 103 Å². The molecule has 0 aliphatic carbocycles. The van der Waals surface area contributed by atoms with E-state index in [2.05, 4.69) is 13.8 Å². The van der Waals surface area contributed by atoms with Crippen molar-refractivity contribution in [1.82, 2.24) is 0 Å². The third kappa shape index (κ3) is 14.8. The molecule has 1 atom stereocenters. The standard InChI is InChI=1S/C20H40O2/c1-19(2)15-13-11-9-7-5-3-4-6-8-10-12-14-16-21-17-20-18-22-20/h19-20H,3-18H2,1-2H3. The fourth-order valence-corrected chi connectivity index (χ4v) is 2.90. The van der Waals surface area contributed by atoms with Gasteiger partial charge in [0.05, 0.1) is 13.2 Å². The zero-order chi connectivity index (χ0) is 15.9. The van der Waals surface area contributed by atoms with Gasteiger partial charge in [0, 0.05) is 6.61 Å². The second-order valence-electron chi connectivity index (χ2n) is 7.46. The Kier molecular flexibility index (Phi) is 13.2. The Bertz CT molecular complexity index is 208. The predicted octanol–water partition coefficient (Wildman–Crippen LogP) is 6.13.